The summed E-state index contributed by atoms with van der Waals surface area (Å²) in [5.74, 6) is 1.27. The molecule has 1 heterocycles. The first-order valence-corrected chi connectivity index (χ1v) is 6.43. The molecule has 17 heavy (non-hydrogen) atoms. The lowest BCUT2D eigenvalue weighted by Gasteiger charge is -2.22. The van der Waals surface area contributed by atoms with Crippen LogP contribution in [0.4, 0.5) is 10.1 Å². The summed E-state index contributed by atoms with van der Waals surface area (Å²) in [6.07, 6.45) is 3.97. The lowest BCUT2D eigenvalue weighted by atomic mass is 10.0. The molecule has 2 atom stereocenters. The highest BCUT2D eigenvalue weighted by atomic mass is 19.1. The van der Waals surface area contributed by atoms with Gasteiger partial charge in [0.2, 0.25) is 0 Å². The summed E-state index contributed by atoms with van der Waals surface area (Å²) in [5.41, 5.74) is 1.34. The van der Waals surface area contributed by atoms with E-state index < -0.39 is 0 Å². The Bertz CT molecular complexity index is 409. The van der Waals surface area contributed by atoms with Crippen LogP contribution in [0.25, 0.3) is 0 Å². The minimum absolute atomic E-state index is 0.214. The molecule has 1 aromatic carbocycles. The van der Waals surface area contributed by atoms with Crippen molar-refractivity contribution in [2.75, 3.05) is 18.0 Å². The number of halogens is 1. The molecule has 1 aromatic rings. The van der Waals surface area contributed by atoms with E-state index in [1.54, 1.807) is 6.07 Å². The summed E-state index contributed by atoms with van der Waals surface area (Å²) >= 11 is 0. The zero-order valence-electron chi connectivity index (χ0n) is 9.90. The minimum Gasteiger partial charge on any atom is -0.391 e. The predicted octanol–water partition coefficient (Wildman–Crippen LogP) is 2.55. The number of nitrogens with zero attached hydrogens (tertiary/aromatic N) is 1. The number of aliphatic hydroxyl groups excluding tert-OH is 1. The van der Waals surface area contributed by atoms with Crippen molar-refractivity contribution in [2.45, 2.75) is 25.9 Å². The zero-order valence-corrected chi connectivity index (χ0v) is 9.90. The SMILES string of the molecule is OCc1c(F)cccc1N1CC2CCCC2C1. The summed E-state index contributed by atoms with van der Waals surface area (Å²) in [6, 6.07) is 5.08. The molecule has 0 spiro atoms. The number of rotatable bonds is 2. The van der Waals surface area contributed by atoms with Gasteiger partial charge in [-0.2, -0.15) is 0 Å². The summed E-state index contributed by atoms with van der Waals surface area (Å²) in [5, 5.41) is 9.30. The molecule has 2 unspecified atom stereocenters. The van der Waals surface area contributed by atoms with Crippen LogP contribution >= 0.6 is 0 Å². The van der Waals surface area contributed by atoms with Crippen LogP contribution in [-0.2, 0) is 6.61 Å². The van der Waals surface area contributed by atoms with Crippen LogP contribution in [0.5, 0.6) is 0 Å². The van der Waals surface area contributed by atoms with Gasteiger partial charge < -0.3 is 10.0 Å². The largest absolute Gasteiger partial charge is 0.391 e. The number of anilines is 1. The highest BCUT2D eigenvalue weighted by molar-refractivity contribution is 5.55. The first-order chi connectivity index (χ1) is 8.29. The van der Waals surface area contributed by atoms with E-state index in [4.69, 9.17) is 0 Å². The average molecular weight is 235 g/mol. The van der Waals surface area contributed by atoms with Gasteiger partial charge in [0.15, 0.2) is 0 Å². The first kappa shape index (κ1) is 11.0. The Labute approximate surface area is 101 Å². The van der Waals surface area contributed by atoms with Gasteiger partial charge >= 0.3 is 0 Å². The highest BCUT2D eigenvalue weighted by Crippen LogP contribution is 2.40. The third kappa shape index (κ3) is 1.82. The third-order valence-corrected chi connectivity index (χ3v) is 4.32. The van der Waals surface area contributed by atoms with Crippen molar-refractivity contribution in [3.05, 3.63) is 29.6 Å². The Morgan fingerprint density at radius 1 is 1.24 bits per heavy atom. The maximum absolute atomic E-state index is 13.6. The molecule has 1 N–H and O–H groups in total. The summed E-state index contributed by atoms with van der Waals surface area (Å²) in [4.78, 5) is 2.25. The van der Waals surface area contributed by atoms with Gasteiger partial charge in [-0.05, 0) is 36.8 Å². The average Bonchev–Trinajstić information content (AvgIpc) is 2.88. The molecule has 3 rings (SSSR count). The molecule has 1 aliphatic carbocycles. The van der Waals surface area contributed by atoms with E-state index in [0.717, 1.165) is 30.6 Å². The van der Waals surface area contributed by atoms with Crippen LogP contribution in [0, 0.1) is 17.7 Å². The van der Waals surface area contributed by atoms with Gasteiger partial charge in [-0.25, -0.2) is 4.39 Å². The molecule has 2 fully saturated rings. The van der Waals surface area contributed by atoms with Crippen LogP contribution in [0.15, 0.2) is 18.2 Å². The smallest absolute Gasteiger partial charge is 0.130 e. The first-order valence-electron chi connectivity index (χ1n) is 6.43. The van der Waals surface area contributed by atoms with E-state index in [1.165, 1.54) is 25.3 Å². The van der Waals surface area contributed by atoms with Crippen LogP contribution in [-0.4, -0.2) is 18.2 Å². The molecule has 1 aliphatic heterocycles. The summed E-state index contributed by atoms with van der Waals surface area (Å²) in [7, 11) is 0. The van der Waals surface area contributed by atoms with Crippen LogP contribution in [0.1, 0.15) is 24.8 Å². The van der Waals surface area contributed by atoms with E-state index >= 15 is 0 Å². The molecule has 2 aliphatic rings. The molecule has 0 radical (unpaired) electrons. The molecule has 0 aromatic heterocycles. The van der Waals surface area contributed by atoms with Crippen molar-refractivity contribution in [1.29, 1.82) is 0 Å². The molecule has 1 saturated carbocycles. The standard InChI is InChI=1S/C14H18FNO/c15-13-5-2-6-14(12(13)9-17)16-7-10-3-1-4-11(10)8-16/h2,5-6,10-11,17H,1,3-4,7-9H2. The lowest BCUT2D eigenvalue weighted by molar-refractivity contribution is 0.276. The van der Waals surface area contributed by atoms with E-state index in [2.05, 4.69) is 4.90 Å². The van der Waals surface area contributed by atoms with Crippen molar-refractivity contribution in [3.8, 4) is 0 Å². The van der Waals surface area contributed by atoms with Crippen LogP contribution < -0.4 is 4.90 Å². The molecule has 92 valence electrons. The number of aliphatic hydroxyl groups is 1. The van der Waals surface area contributed by atoms with Gasteiger partial charge in [0, 0.05) is 24.3 Å². The second-order valence-electron chi connectivity index (χ2n) is 5.25. The second kappa shape index (κ2) is 4.30. The van der Waals surface area contributed by atoms with Crippen molar-refractivity contribution in [3.63, 3.8) is 0 Å². The van der Waals surface area contributed by atoms with Gasteiger partial charge in [-0.1, -0.05) is 12.5 Å². The Morgan fingerprint density at radius 3 is 2.59 bits per heavy atom. The minimum atomic E-state index is -0.290. The lowest BCUT2D eigenvalue weighted by Crippen LogP contribution is -2.22. The zero-order chi connectivity index (χ0) is 11.8. The van der Waals surface area contributed by atoms with Gasteiger partial charge in [0.25, 0.3) is 0 Å². The normalized spacial score (nSPS) is 27.5. The topological polar surface area (TPSA) is 23.5 Å². The Balaban J connectivity index is 1.88. The molecule has 0 bridgehead atoms. The number of benzene rings is 1. The highest BCUT2D eigenvalue weighted by Gasteiger charge is 2.36. The van der Waals surface area contributed by atoms with E-state index in [0.29, 0.717) is 5.56 Å². The molecule has 1 saturated heterocycles. The van der Waals surface area contributed by atoms with Crippen LogP contribution in [0.3, 0.4) is 0 Å². The molecular weight excluding hydrogens is 217 g/mol. The number of fused-ring (bicyclic) bond motifs is 1. The Kier molecular flexibility index (Phi) is 2.79. The molecule has 3 heteroatoms. The monoisotopic (exact) mass is 235 g/mol. The van der Waals surface area contributed by atoms with Crippen molar-refractivity contribution in [2.24, 2.45) is 11.8 Å². The molecule has 2 nitrogen and oxygen atoms in total. The van der Waals surface area contributed by atoms with Gasteiger partial charge in [0.1, 0.15) is 5.82 Å². The number of hydrogen-bond donors (Lipinski definition) is 1. The van der Waals surface area contributed by atoms with E-state index in [-0.39, 0.29) is 12.4 Å². The van der Waals surface area contributed by atoms with Crippen LogP contribution in [0.2, 0.25) is 0 Å². The van der Waals surface area contributed by atoms with Gasteiger partial charge in [-0.15, -0.1) is 0 Å². The summed E-state index contributed by atoms with van der Waals surface area (Å²) < 4.78 is 13.6. The second-order valence-corrected chi connectivity index (χ2v) is 5.25. The third-order valence-electron chi connectivity index (χ3n) is 4.32. The Hall–Kier alpha value is -1.09. The fraction of sp³-hybridized carbons (Fsp3) is 0.571. The molecule has 0 amide bonds. The maximum atomic E-state index is 13.6. The van der Waals surface area contributed by atoms with E-state index in [1.807, 2.05) is 6.07 Å². The number of hydrogen-bond acceptors (Lipinski definition) is 2. The fourth-order valence-corrected chi connectivity index (χ4v) is 3.43. The summed E-state index contributed by atoms with van der Waals surface area (Å²) in [6.45, 7) is 1.84. The van der Waals surface area contributed by atoms with Crippen molar-refractivity contribution >= 4 is 5.69 Å². The maximum Gasteiger partial charge on any atom is 0.130 e. The van der Waals surface area contributed by atoms with Crippen molar-refractivity contribution < 1.29 is 9.50 Å². The van der Waals surface area contributed by atoms with Gasteiger partial charge in [-0.3, -0.25) is 0 Å². The quantitative estimate of drug-likeness (QED) is 0.851. The van der Waals surface area contributed by atoms with E-state index in [9.17, 15) is 9.50 Å². The predicted molar refractivity (Wildman–Crippen MR) is 65.4 cm³/mol. The Morgan fingerprint density at radius 2 is 1.94 bits per heavy atom. The molecular formula is C14H18FNO. The van der Waals surface area contributed by atoms with Gasteiger partial charge in [0.05, 0.1) is 6.61 Å². The van der Waals surface area contributed by atoms with Crippen molar-refractivity contribution in [1.82, 2.24) is 0 Å². The fourth-order valence-electron chi connectivity index (χ4n) is 3.43.